The van der Waals surface area contributed by atoms with Gasteiger partial charge in [-0.05, 0) is 24.3 Å². The van der Waals surface area contributed by atoms with E-state index in [1.807, 2.05) is 0 Å². The zero-order valence-corrected chi connectivity index (χ0v) is 14.0. The summed E-state index contributed by atoms with van der Waals surface area (Å²) in [6.07, 6.45) is -1.09. The van der Waals surface area contributed by atoms with Crippen molar-refractivity contribution in [2.75, 3.05) is 7.11 Å². The van der Waals surface area contributed by atoms with E-state index in [1.54, 1.807) is 42.5 Å². The molecule has 1 aliphatic heterocycles. The summed E-state index contributed by atoms with van der Waals surface area (Å²) in [5.74, 6) is -1.06. The number of methoxy groups -OCH3 is 1. The average Bonchev–Trinajstić information content (AvgIpc) is 2.90. The number of hydrogen-bond donors (Lipinski definition) is 1. The molecule has 1 unspecified atom stereocenters. The van der Waals surface area contributed by atoms with Gasteiger partial charge in [0.15, 0.2) is 6.10 Å². The van der Waals surface area contributed by atoms with E-state index in [-0.39, 0.29) is 10.8 Å². The number of nitrogens with two attached hydrogens (primary N) is 1. The first kappa shape index (κ1) is 16.8. The number of carbonyl (C=O) groups excluding carboxylic acids is 1. The van der Waals surface area contributed by atoms with E-state index in [0.717, 1.165) is 0 Å². The molecule has 0 spiro atoms. The predicted molar refractivity (Wildman–Crippen MR) is 87.8 cm³/mol. The molecule has 0 bridgehead atoms. The molecule has 2 aromatic carbocycles. The lowest BCUT2D eigenvalue weighted by molar-refractivity contribution is -0.123. The lowest BCUT2D eigenvalue weighted by Crippen LogP contribution is -2.15. The summed E-state index contributed by atoms with van der Waals surface area (Å²) in [4.78, 5) is 12.4. The normalized spacial score (nSPS) is 17.3. The zero-order chi connectivity index (χ0) is 18.0. The monoisotopic (exact) mass is 361 g/mol. The summed E-state index contributed by atoms with van der Waals surface area (Å²) in [5.41, 5.74) is 6.14. The second-order valence-electron chi connectivity index (χ2n) is 5.18. The van der Waals surface area contributed by atoms with E-state index >= 15 is 0 Å². The summed E-state index contributed by atoms with van der Waals surface area (Å²) in [6.45, 7) is 0. The maximum atomic E-state index is 12.5. The third-order valence-electron chi connectivity index (χ3n) is 3.55. The van der Waals surface area contributed by atoms with Crippen LogP contribution in [-0.4, -0.2) is 21.3 Å². The molecule has 8 heteroatoms. The van der Waals surface area contributed by atoms with Gasteiger partial charge in [0.1, 0.15) is 10.6 Å². The fraction of sp³-hybridized carbons (Fsp3) is 0.118. The van der Waals surface area contributed by atoms with Gasteiger partial charge in [-0.3, -0.25) is 4.79 Å². The van der Waals surface area contributed by atoms with Crippen molar-refractivity contribution < 1.29 is 26.9 Å². The average molecular weight is 361 g/mol. The Balaban J connectivity index is 1.86. The largest absolute Gasteiger partial charge is 0.497 e. The van der Waals surface area contributed by atoms with Gasteiger partial charge in [-0.2, -0.15) is 8.42 Å². The van der Waals surface area contributed by atoms with E-state index in [4.69, 9.17) is 19.4 Å². The Morgan fingerprint density at radius 3 is 2.48 bits per heavy atom. The number of ether oxygens (including phenoxy) is 2. The minimum Gasteiger partial charge on any atom is -0.497 e. The number of carbonyl (C=O) groups is 1. The quantitative estimate of drug-likeness (QED) is 0.811. The molecule has 0 radical (unpaired) electrons. The van der Waals surface area contributed by atoms with Crippen LogP contribution in [0.5, 0.6) is 5.75 Å². The first-order valence-electron chi connectivity index (χ1n) is 7.26. The summed E-state index contributed by atoms with van der Waals surface area (Å²) < 4.78 is 39.9. The van der Waals surface area contributed by atoms with Crippen LogP contribution in [0.25, 0.3) is 0 Å². The van der Waals surface area contributed by atoms with Crippen LogP contribution in [0.4, 0.5) is 0 Å². The Bertz CT molecular complexity index is 937. The standard InChI is InChI=1S/C17H15NO6S/c1-22-12-7-5-6-11(10-12)15-14(19)16(17(18)23-15)24-25(20,21)13-8-3-2-4-9-13/h2-10,15H,18H2,1H3. The van der Waals surface area contributed by atoms with Crippen molar-refractivity contribution in [3.8, 4) is 5.75 Å². The molecule has 2 aromatic rings. The van der Waals surface area contributed by atoms with Crippen molar-refractivity contribution in [1.82, 2.24) is 0 Å². The Morgan fingerprint density at radius 2 is 1.80 bits per heavy atom. The molecule has 0 fully saturated rings. The minimum atomic E-state index is -4.19. The summed E-state index contributed by atoms with van der Waals surface area (Å²) in [5, 5.41) is 0. The fourth-order valence-electron chi connectivity index (χ4n) is 2.33. The lowest BCUT2D eigenvalue weighted by Gasteiger charge is -2.11. The highest BCUT2D eigenvalue weighted by Gasteiger charge is 2.39. The van der Waals surface area contributed by atoms with Crippen molar-refractivity contribution >= 4 is 15.9 Å². The zero-order valence-electron chi connectivity index (χ0n) is 13.2. The molecule has 3 rings (SSSR count). The fourth-order valence-corrected chi connectivity index (χ4v) is 3.30. The lowest BCUT2D eigenvalue weighted by atomic mass is 10.1. The number of rotatable bonds is 5. The molecule has 130 valence electrons. The summed E-state index contributed by atoms with van der Waals surface area (Å²) in [7, 11) is -2.70. The summed E-state index contributed by atoms with van der Waals surface area (Å²) >= 11 is 0. The van der Waals surface area contributed by atoms with E-state index < -0.39 is 27.8 Å². The van der Waals surface area contributed by atoms with Gasteiger partial charge in [-0.1, -0.05) is 30.3 Å². The van der Waals surface area contributed by atoms with Gasteiger partial charge in [0, 0.05) is 5.56 Å². The molecule has 1 aliphatic rings. The third kappa shape index (κ3) is 3.29. The molecule has 0 saturated heterocycles. The molecular formula is C17H15NO6S. The van der Waals surface area contributed by atoms with Crippen molar-refractivity contribution in [2.24, 2.45) is 5.73 Å². The van der Waals surface area contributed by atoms with Crippen LogP contribution in [0.1, 0.15) is 11.7 Å². The van der Waals surface area contributed by atoms with Crippen molar-refractivity contribution in [1.29, 1.82) is 0 Å². The Morgan fingerprint density at radius 1 is 1.08 bits per heavy atom. The predicted octanol–water partition coefficient (Wildman–Crippen LogP) is 1.87. The minimum absolute atomic E-state index is 0.0899. The Hall–Kier alpha value is -3.00. The van der Waals surface area contributed by atoms with Gasteiger partial charge >= 0.3 is 10.1 Å². The van der Waals surface area contributed by atoms with Crippen LogP contribution in [0.3, 0.4) is 0 Å². The van der Waals surface area contributed by atoms with Crippen molar-refractivity contribution in [3.05, 3.63) is 71.8 Å². The highest BCUT2D eigenvalue weighted by Crippen LogP contribution is 2.34. The molecular weight excluding hydrogens is 346 g/mol. The van der Waals surface area contributed by atoms with E-state index in [0.29, 0.717) is 11.3 Å². The van der Waals surface area contributed by atoms with Crippen LogP contribution in [0.15, 0.2) is 71.1 Å². The number of hydrogen-bond acceptors (Lipinski definition) is 7. The maximum Gasteiger partial charge on any atom is 0.339 e. The van der Waals surface area contributed by atoms with Gasteiger partial charge in [0.25, 0.3) is 0 Å². The van der Waals surface area contributed by atoms with Crippen LogP contribution in [0.2, 0.25) is 0 Å². The number of benzene rings is 2. The molecule has 0 aromatic heterocycles. The number of Topliss-reactive ketones (excluding diaryl/α,β-unsaturated/α-hetero) is 1. The molecule has 1 atom stereocenters. The molecule has 0 saturated carbocycles. The first-order chi connectivity index (χ1) is 11.9. The van der Waals surface area contributed by atoms with E-state index in [2.05, 4.69) is 0 Å². The summed E-state index contributed by atoms with van der Waals surface area (Å²) in [6, 6.07) is 14.1. The van der Waals surface area contributed by atoms with Crippen LogP contribution in [-0.2, 0) is 23.8 Å². The molecule has 25 heavy (non-hydrogen) atoms. The molecule has 0 aliphatic carbocycles. The van der Waals surface area contributed by atoms with Crippen molar-refractivity contribution in [3.63, 3.8) is 0 Å². The van der Waals surface area contributed by atoms with Gasteiger partial charge in [-0.15, -0.1) is 0 Å². The third-order valence-corrected chi connectivity index (χ3v) is 4.79. The molecule has 7 nitrogen and oxygen atoms in total. The Kier molecular flexibility index (Phi) is 4.37. The first-order valence-corrected chi connectivity index (χ1v) is 8.67. The highest BCUT2D eigenvalue weighted by molar-refractivity contribution is 7.86. The van der Waals surface area contributed by atoms with E-state index in [1.165, 1.54) is 19.2 Å². The van der Waals surface area contributed by atoms with Gasteiger partial charge in [0.05, 0.1) is 7.11 Å². The van der Waals surface area contributed by atoms with Crippen LogP contribution in [0, 0.1) is 0 Å². The van der Waals surface area contributed by atoms with Crippen LogP contribution >= 0.6 is 0 Å². The second kappa shape index (κ2) is 6.48. The SMILES string of the molecule is COc1cccc(C2OC(N)=C(OS(=O)(=O)c3ccccc3)C2=O)c1. The molecule has 2 N–H and O–H groups in total. The highest BCUT2D eigenvalue weighted by atomic mass is 32.2. The van der Waals surface area contributed by atoms with Gasteiger partial charge in [-0.25, -0.2) is 0 Å². The van der Waals surface area contributed by atoms with Gasteiger partial charge < -0.3 is 19.4 Å². The van der Waals surface area contributed by atoms with E-state index in [9.17, 15) is 13.2 Å². The van der Waals surface area contributed by atoms with Crippen LogP contribution < -0.4 is 10.5 Å². The topological polar surface area (TPSA) is 105 Å². The van der Waals surface area contributed by atoms with Crippen molar-refractivity contribution in [2.45, 2.75) is 11.0 Å². The Labute approximate surface area is 144 Å². The number of ketones is 1. The maximum absolute atomic E-state index is 12.5. The smallest absolute Gasteiger partial charge is 0.339 e. The molecule has 1 heterocycles. The van der Waals surface area contributed by atoms with Gasteiger partial charge in [0.2, 0.25) is 17.4 Å². The molecule has 0 amide bonds. The second-order valence-corrected chi connectivity index (χ2v) is 6.73.